The first-order valence-corrected chi connectivity index (χ1v) is 7.09. The highest BCUT2D eigenvalue weighted by atomic mass is 16.5. The first kappa shape index (κ1) is 14.7. The van der Waals surface area contributed by atoms with Crippen LogP contribution in [0.25, 0.3) is 0 Å². The molecule has 0 aliphatic carbocycles. The number of hydrogen-bond donors (Lipinski definition) is 2. The highest BCUT2D eigenvalue weighted by Gasteiger charge is 2.14. The van der Waals surface area contributed by atoms with Gasteiger partial charge in [0, 0.05) is 12.3 Å². The van der Waals surface area contributed by atoms with Crippen LogP contribution in [0.5, 0.6) is 5.75 Å². The smallest absolute Gasteiger partial charge is 0.193 e. The Morgan fingerprint density at radius 3 is 2.80 bits per heavy atom. The van der Waals surface area contributed by atoms with Crippen LogP contribution in [0.15, 0.2) is 29.3 Å². The Kier molecular flexibility index (Phi) is 5.24. The van der Waals surface area contributed by atoms with E-state index in [1.165, 1.54) is 0 Å². The van der Waals surface area contributed by atoms with Gasteiger partial charge < -0.3 is 20.5 Å². The summed E-state index contributed by atoms with van der Waals surface area (Å²) >= 11 is 0. The normalized spacial score (nSPS) is 19.4. The number of rotatable bonds is 5. The van der Waals surface area contributed by atoms with E-state index >= 15 is 0 Å². The van der Waals surface area contributed by atoms with Gasteiger partial charge in [0.15, 0.2) is 5.96 Å². The van der Waals surface area contributed by atoms with E-state index in [-0.39, 0.29) is 12.2 Å². The minimum Gasteiger partial charge on any atom is -0.491 e. The maximum Gasteiger partial charge on any atom is 0.193 e. The SMILES string of the molecule is CC(C)Oc1ccc(NC(N)=NCC2CCCO2)cc1. The highest BCUT2D eigenvalue weighted by molar-refractivity contribution is 5.92. The fraction of sp³-hybridized carbons (Fsp3) is 0.533. The van der Waals surface area contributed by atoms with Gasteiger partial charge in [0.1, 0.15) is 5.75 Å². The Bertz CT molecular complexity index is 437. The lowest BCUT2D eigenvalue weighted by atomic mass is 10.2. The molecule has 5 nitrogen and oxygen atoms in total. The van der Waals surface area contributed by atoms with Gasteiger partial charge in [-0.3, -0.25) is 4.99 Å². The van der Waals surface area contributed by atoms with Gasteiger partial charge in [0.05, 0.1) is 18.8 Å². The van der Waals surface area contributed by atoms with E-state index in [2.05, 4.69) is 10.3 Å². The van der Waals surface area contributed by atoms with E-state index in [0.29, 0.717) is 12.5 Å². The Balaban J connectivity index is 1.83. The van der Waals surface area contributed by atoms with Crippen molar-refractivity contribution >= 4 is 11.6 Å². The molecular weight excluding hydrogens is 254 g/mol. The summed E-state index contributed by atoms with van der Waals surface area (Å²) in [5.74, 6) is 1.26. The highest BCUT2D eigenvalue weighted by Crippen LogP contribution is 2.17. The van der Waals surface area contributed by atoms with Crippen LogP contribution in [0.1, 0.15) is 26.7 Å². The average molecular weight is 277 g/mol. The summed E-state index contributed by atoms with van der Waals surface area (Å²) in [5, 5.41) is 3.06. The van der Waals surface area contributed by atoms with Crippen molar-refractivity contribution in [3.05, 3.63) is 24.3 Å². The first-order chi connectivity index (χ1) is 9.63. The quantitative estimate of drug-likeness (QED) is 0.640. The van der Waals surface area contributed by atoms with E-state index < -0.39 is 0 Å². The summed E-state index contributed by atoms with van der Waals surface area (Å²) in [6.45, 7) is 5.46. The lowest BCUT2D eigenvalue weighted by Crippen LogP contribution is -2.24. The summed E-state index contributed by atoms with van der Waals surface area (Å²) < 4.78 is 11.1. The molecule has 1 aromatic carbocycles. The molecule has 0 radical (unpaired) electrons. The second-order valence-electron chi connectivity index (χ2n) is 5.18. The average Bonchev–Trinajstić information content (AvgIpc) is 2.91. The molecule has 0 bridgehead atoms. The van der Waals surface area contributed by atoms with Crippen LogP contribution in [0.3, 0.4) is 0 Å². The molecule has 0 spiro atoms. The number of aliphatic imine (C=N–C) groups is 1. The van der Waals surface area contributed by atoms with Gasteiger partial charge in [-0.2, -0.15) is 0 Å². The molecule has 1 saturated heterocycles. The van der Waals surface area contributed by atoms with Crippen LogP contribution >= 0.6 is 0 Å². The Morgan fingerprint density at radius 1 is 1.45 bits per heavy atom. The fourth-order valence-corrected chi connectivity index (χ4v) is 2.06. The molecule has 5 heteroatoms. The molecular formula is C15H23N3O2. The van der Waals surface area contributed by atoms with Gasteiger partial charge in [0.25, 0.3) is 0 Å². The molecule has 1 aliphatic rings. The van der Waals surface area contributed by atoms with Crippen molar-refractivity contribution < 1.29 is 9.47 Å². The van der Waals surface area contributed by atoms with Gasteiger partial charge in [-0.15, -0.1) is 0 Å². The van der Waals surface area contributed by atoms with Crippen LogP contribution in [-0.4, -0.2) is 31.3 Å². The third kappa shape index (κ3) is 4.74. The molecule has 3 N–H and O–H groups in total. The number of nitrogens with two attached hydrogens (primary N) is 1. The number of benzene rings is 1. The van der Waals surface area contributed by atoms with Crippen LogP contribution in [0.4, 0.5) is 5.69 Å². The molecule has 1 heterocycles. The summed E-state index contributed by atoms with van der Waals surface area (Å²) in [6, 6.07) is 7.67. The molecule has 1 aromatic rings. The van der Waals surface area contributed by atoms with Gasteiger partial charge in [-0.05, 0) is 51.0 Å². The molecule has 1 fully saturated rings. The number of anilines is 1. The number of nitrogens with one attached hydrogen (secondary N) is 1. The number of nitrogens with zero attached hydrogens (tertiary/aromatic N) is 1. The molecule has 0 saturated carbocycles. The second kappa shape index (κ2) is 7.14. The maximum atomic E-state index is 5.85. The largest absolute Gasteiger partial charge is 0.491 e. The van der Waals surface area contributed by atoms with Crippen LogP contribution in [0.2, 0.25) is 0 Å². The molecule has 110 valence electrons. The summed E-state index contributed by atoms with van der Waals surface area (Å²) in [6.07, 6.45) is 2.58. The van der Waals surface area contributed by atoms with Crippen molar-refractivity contribution in [3.63, 3.8) is 0 Å². The van der Waals surface area contributed by atoms with E-state index in [1.807, 2.05) is 38.1 Å². The van der Waals surface area contributed by atoms with Crippen molar-refractivity contribution in [2.24, 2.45) is 10.7 Å². The Labute approximate surface area is 120 Å². The zero-order valence-corrected chi connectivity index (χ0v) is 12.1. The lowest BCUT2D eigenvalue weighted by molar-refractivity contribution is 0.118. The third-order valence-corrected chi connectivity index (χ3v) is 2.99. The minimum atomic E-state index is 0.173. The molecule has 1 atom stereocenters. The van der Waals surface area contributed by atoms with E-state index in [9.17, 15) is 0 Å². The minimum absolute atomic E-state index is 0.173. The number of guanidine groups is 1. The van der Waals surface area contributed by atoms with E-state index in [4.69, 9.17) is 15.2 Å². The summed E-state index contributed by atoms with van der Waals surface area (Å²) in [4.78, 5) is 4.30. The van der Waals surface area contributed by atoms with Crippen molar-refractivity contribution in [3.8, 4) is 5.75 Å². The number of hydrogen-bond acceptors (Lipinski definition) is 3. The van der Waals surface area contributed by atoms with Crippen LogP contribution in [-0.2, 0) is 4.74 Å². The predicted molar refractivity (Wildman–Crippen MR) is 81.3 cm³/mol. The van der Waals surface area contributed by atoms with Gasteiger partial charge >= 0.3 is 0 Å². The monoisotopic (exact) mass is 277 g/mol. The number of ether oxygens (including phenoxy) is 2. The predicted octanol–water partition coefficient (Wildman–Crippen LogP) is 2.38. The standard InChI is InChI=1S/C15H23N3O2/c1-11(2)20-13-7-5-12(6-8-13)18-15(16)17-10-14-4-3-9-19-14/h5-8,11,14H,3-4,9-10H2,1-2H3,(H3,16,17,18). The van der Waals surface area contributed by atoms with Crippen molar-refractivity contribution in [2.75, 3.05) is 18.5 Å². The zero-order chi connectivity index (χ0) is 14.4. The fourth-order valence-electron chi connectivity index (χ4n) is 2.06. The van der Waals surface area contributed by atoms with Crippen LogP contribution in [0, 0.1) is 0 Å². The van der Waals surface area contributed by atoms with Crippen molar-refractivity contribution in [2.45, 2.75) is 38.9 Å². The Hall–Kier alpha value is -1.75. The van der Waals surface area contributed by atoms with E-state index in [0.717, 1.165) is 30.9 Å². The third-order valence-electron chi connectivity index (χ3n) is 2.99. The zero-order valence-electron chi connectivity index (χ0n) is 12.1. The topological polar surface area (TPSA) is 68.9 Å². The molecule has 1 unspecified atom stereocenters. The summed E-state index contributed by atoms with van der Waals surface area (Å²) in [7, 11) is 0. The molecule has 20 heavy (non-hydrogen) atoms. The van der Waals surface area contributed by atoms with Crippen molar-refractivity contribution in [1.82, 2.24) is 0 Å². The van der Waals surface area contributed by atoms with Gasteiger partial charge in [-0.1, -0.05) is 0 Å². The van der Waals surface area contributed by atoms with Gasteiger partial charge in [-0.25, -0.2) is 0 Å². The molecule has 1 aliphatic heterocycles. The molecule has 2 rings (SSSR count). The van der Waals surface area contributed by atoms with Gasteiger partial charge in [0.2, 0.25) is 0 Å². The molecule has 0 amide bonds. The van der Waals surface area contributed by atoms with Crippen LogP contribution < -0.4 is 15.8 Å². The second-order valence-corrected chi connectivity index (χ2v) is 5.18. The molecule has 0 aromatic heterocycles. The lowest BCUT2D eigenvalue weighted by Gasteiger charge is -2.11. The van der Waals surface area contributed by atoms with E-state index in [1.54, 1.807) is 0 Å². The first-order valence-electron chi connectivity index (χ1n) is 7.09. The van der Waals surface area contributed by atoms with Crippen molar-refractivity contribution in [1.29, 1.82) is 0 Å². The summed E-state index contributed by atoms with van der Waals surface area (Å²) in [5.41, 5.74) is 6.75. The Morgan fingerprint density at radius 2 is 2.20 bits per heavy atom. The maximum absolute atomic E-state index is 5.85.